The summed E-state index contributed by atoms with van der Waals surface area (Å²) in [6, 6.07) is 5.79. The van der Waals surface area contributed by atoms with Gasteiger partial charge in [0.15, 0.2) is 0 Å². The Morgan fingerprint density at radius 3 is 2.38 bits per heavy atom. The van der Waals surface area contributed by atoms with Gasteiger partial charge in [0, 0.05) is 25.3 Å². The van der Waals surface area contributed by atoms with Crippen LogP contribution in [-0.4, -0.2) is 49.6 Å². The molecule has 3 rings (SSSR count). The predicted octanol–water partition coefficient (Wildman–Crippen LogP) is 2.90. The molecule has 2 heterocycles. The first-order valence-corrected chi connectivity index (χ1v) is 9.89. The lowest BCUT2D eigenvalue weighted by Gasteiger charge is -2.34. The van der Waals surface area contributed by atoms with Crippen LogP contribution in [0.3, 0.4) is 0 Å². The van der Waals surface area contributed by atoms with E-state index in [9.17, 15) is 22.8 Å². The summed E-state index contributed by atoms with van der Waals surface area (Å²) in [6.45, 7) is 2.87. The molecule has 0 aliphatic carbocycles. The maximum atomic E-state index is 12.6. The molecule has 1 aliphatic heterocycles. The van der Waals surface area contributed by atoms with Gasteiger partial charge in [-0.25, -0.2) is 0 Å². The van der Waals surface area contributed by atoms with Crippen LogP contribution in [0, 0.1) is 0 Å². The van der Waals surface area contributed by atoms with Gasteiger partial charge in [0.25, 0.3) is 0 Å². The fourth-order valence-corrected chi connectivity index (χ4v) is 3.72. The Balaban J connectivity index is 1.57. The third-order valence-corrected chi connectivity index (χ3v) is 5.25. The maximum absolute atomic E-state index is 12.6. The minimum Gasteiger partial charge on any atom is -0.379 e. The minimum absolute atomic E-state index is 0.0898. The van der Waals surface area contributed by atoms with Crippen molar-refractivity contribution >= 4 is 28.8 Å². The Bertz CT molecular complexity index is 819. The number of nitrogens with one attached hydrogen (secondary N) is 2. The summed E-state index contributed by atoms with van der Waals surface area (Å²) in [4.78, 5) is 26.5. The summed E-state index contributed by atoms with van der Waals surface area (Å²) < 4.78 is 43.1. The number of thiophene rings is 1. The van der Waals surface area contributed by atoms with Crippen molar-refractivity contribution in [2.75, 3.05) is 38.2 Å². The van der Waals surface area contributed by atoms with Gasteiger partial charge in [0.05, 0.1) is 24.8 Å². The lowest BCUT2D eigenvalue weighted by atomic mass is 10.1. The molecule has 2 N–H and O–H groups in total. The van der Waals surface area contributed by atoms with E-state index in [2.05, 4.69) is 15.5 Å². The van der Waals surface area contributed by atoms with E-state index in [1.165, 1.54) is 0 Å². The molecule has 0 spiro atoms. The van der Waals surface area contributed by atoms with E-state index < -0.39 is 23.6 Å². The molecule has 29 heavy (non-hydrogen) atoms. The molecule has 0 bridgehead atoms. The third kappa shape index (κ3) is 5.78. The van der Waals surface area contributed by atoms with Gasteiger partial charge in [-0.15, -0.1) is 0 Å². The number of hydrogen-bond donors (Lipinski definition) is 2. The van der Waals surface area contributed by atoms with Crippen LogP contribution in [0.1, 0.15) is 17.2 Å². The molecule has 1 saturated heterocycles. The Hall–Kier alpha value is -2.43. The van der Waals surface area contributed by atoms with Gasteiger partial charge in [0.1, 0.15) is 0 Å². The van der Waals surface area contributed by atoms with E-state index in [-0.39, 0.29) is 18.3 Å². The first kappa shape index (κ1) is 21.3. The van der Waals surface area contributed by atoms with Crippen LogP contribution >= 0.6 is 11.3 Å². The fourth-order valence-electron chi connectivity index (χ4n) is 3.01. The lowest BCUT2D eigenvalue weighted by Crippen LogP contribution is -2.45. The highest BCUT2D eigenvalue weighted by atomic mass is 32.1. The highest BCUT2D eigenvalue weighted by Gasteiger charge is 2.30. The highest BCUT2D eigenvalue weighted by Crippen LogP contribution is 2.29. The van der Waals surface area contributed by atoms with Gasteiger partial charge < -0.3 is 15.4 Å². The third-order valence-electron chi connectivity index (χ3n) is 4.55. The second kappa shape index (κ2) is 9.38. The molecule has 10 heteroatoms. The van der Waals surface area contributed by atoms with E-state index in [1.54, 1.807) is 11.3 Å². The van der Waals surface area contributed by atoms with Crippen LogP contribution in [0.5, 0.6) is 0 Å². The topological polar surface area (TPSA) is 70.7 Å². The summed E-state index contributed by atoms with van der Waals surface area (Å²) in [7, 11) is 0. The quantitative estimate of drug-likeness (QED) is 0.720. The van der Waals surface area contributed by atoms with Crippen LogP contribution in [0.25, 0.3) is 0 Å². The Kier molecular flexibility index (Phi) is 6.88. The van der Waals surface area contributed by atoms with E-state index >= 15 is 0 Å². The molecule has 2 aromatic rings. The largest absolute Gasteiger partial charge is 0.416 e. The van der Waals surface area contributed by atoms with Crippen LogP contribution in [0.4, 0.5) is 18.9 Å². The smallest absolute Gasteiger partial charge is 0.379 e. The molecular formula is C19H20F3N3O3S. The average Bonchev–Trinajstić information content (AvgIpc) is 3.23. The van der Waals surface area contributed by atoms with Crippen molar-refractivity contribution in [3.8, 4) is 0 Å². The predicted molar refractivity (Wildman–Crippen MR) is 103 cm³/mol. The SMILES string of the molecule is O=C(NCC(c1ccsc1)N1CCOCC1)C(=O)Nc1ccc(C(F)(F)F)cc1. The van der Waals surface area contributed by atoms with Gasteiger partial charge in [-0.1, -0.05) is 0 Å². The molecule has 1 atom stereocenters. The second-order valence-corrected chi connectivity index (χ2v) is 7.24. The zero-order valence-corrected chi connectivity index (χ0v) is 16.2. The second-order valence-electron chi connectivity index (χ2n) is 6.46. The van der Waals surface area contributed by atoms with Gasteiger partial charge in [-0.3, -0.25) is 14.5 Å². The summed E-state index contributed by atoms with van der Waals surface area (Å²) >= 11 is 1.55. The number of carbonyl (C=O) groups is 2. The normalized spacial score (nSPS) is 16.2. The Morgan fingerprint density at radius 1 is 1.10 bits per heavy atom. The molecule has 6 nitrogen and oxygen atoms in total. The Morgan fingerprint density at radius 2 is 1.79 bits per heavy atom. The number of morpholine rings is 1. The van der Waals surface area contributed by atoms with Gasteiger partial charge >= 0.3 is 18.0 Å². The molecule has 1 aliphatic rings. The molecule has 156 valence electrons. The van der Waals surface area contributed by atoms with Crippen molar-refractivity contribution in [1.29, 1.82) is 0 Å². The first-order chi connectivity index (χ1) is 13.8. The van der Waals surface area contributed by atoms with Gasteiger partial charge in [-0.05, 0) is 46.7 Å². The van der Waals surface area contributed by atoms with E-state index in [1.807, 2.05) is 16.8 Å². The van der Waals surface area contributed by atoms with Crippen molar-refractivity contribution in [1.82, 2.24) is 10.2 Å². The average molecular weight is 427 g/mol. The van der Waals surface area contributed by atoms with Crippen LogP contribution in [0.15, 0.2) is 41.1 Å². The number of halogens is 3. The molecule has 1 unspecified atom stereocenters. The zero-order valence-electron chi connectivity index (χ0n) is 15.4. The van der Waals surface area contributed by atoms with Crippen molar-refractivity contribution in [2.45, 2.75) is 12.2 Å². The van der Waals surface area contributed by atoms with Crippen molar-refractivity contribution in [3.63, 3.8) is 0 Å². The molecule has 0 saturated carbocycles. The highest BCUT2D eigenvalue weighted by molar-refractivity contribution is 7.08. The van der Waals surface area contributed by atoms with Crippen molar-refractivity contribution in [3.05, 3.63) is 52.2 Å². The fraction of sp³-hybridized carbons (Fsp3) is 0.368. The summed E-state index contributed by atoms with van der Waals surface area (Å²) in [5.74, 6) is -1.78. The van der Waals surface area contributed by atoms with E-state index in [0.717, 1.165) is 29.8 Å². The van der Waals surface area contributed by atoms with Crippen molar-refractivity contribution in [2.24, 2.45) is 0 Å². The number of carbonyl (C=O) groups excluding carboxylic acids is 2. The van der Waals surface area contributed by atoms with Crippen LogP contribution in [0.2, 0.25) is 0 Å². The molecular weight excluding hydrogens is 407 g/mol. The lowest BCUT2D eigenvalue weighted by molar-refractivity contribution is -0.137. The number of ether oxygens (including phenoxy) is 1. The number of benzene rings is 1. The molecule has 1 fully saturated rings. The van der Waals surface area contributed by atoms with E-state index in [0.29, 0.717) is 26.3 Å². The summed E-state index contributed by atoms with van der Waals surface area (Å²) in [5.41, 5.74) is 0.324. The maximum Gasteiger partial charge on any atom is 0.416 e. The number of alkyl halides is 3. The number of anilines is 1. The number of nitrogens with zero attached hydrogens (tertiary/aromatic N) is 1. The minimum atomic E-state index is -4.46. The molecule has 0 radical (unpaired) electrons. The molecule has 1 aromatic carbocycles. The number of amides is 2. The van der Waals surface area contributed by atoms with Crippen LogP contribution in [-0.2, 0) is 20.5 Å². The molecule has 2 amide bonds. The van der Waals surface area contributed by atoms with Gasteiger partial charge in [-0.2, -0.15) is 24.5 Å². The summed E-state index contributed by atoms with van der Waals surface area (Å²) in [6.07, 6.45) is -4.46. The van der Waals surface area contributed by atoms with Crippen molar-refractivity contribution < 1.29 is 27.5 Å². The Labute approximate surface area is 169 Å². The monoisotopic (exact) mass is 427 g/mol. The number of hydrogen-bond acceptors (Lipinski definition) is 5. The summed E-state index contributed by atoms with van der Waals surface area (Å²) in [5, 5.41) is 8.86. The van der Waals surface area contributed by atoms with E-state index in [4.69, 9.17) is 4.74 Å². The number of rotatable bonds is 5. The standard InChI is InChI=1S/C19H20F3N3O3S/c20-19(21,22)14-1-3-15(4-2-14)24-18(27)17(26)23-11-16(13-5-10-29-12-13)25-6-8-28-9-7-25/h1-5,10,12,16H,6-9,11H2,(H,23,26)(H,24,27). The van der Waals surface area contributed by atoms with Crippen LogP contribution < -0.4 is 10.6 Å². The molecule has 1 aromatic heterocycles. The first-order valence-electron chi connectivity index (χ1n) is 8.95. The zero-order chi connectivity index (χ0) is 20.9. The van der Waals surface area contributed by atoms with Gasteiger partial charge in [0.2, 0.25) is 0 Å².